The number of amides is 1. The highest BCUT2D eigenvalue weighted by Gasteiger charge is 2.35. The fraction of sp³-hybridized carbons (Fsp3) is 0.240. The minimum absolute atomic E-state index is 0.0567. The van der Waals surface area contributed by atoms with Gasteiger partial charge in [0.05, 0.1) is 0 Å². The van der Waals surface area contributed by atoms with Crippen LogP contribution in [0.5, 0.6) is 0 Å². The van der Waals surface area contributed by atoms with E-state index in [1.165, 1.54) is 16.8 Å². The number of carbonyl (C=O) groups excluding carboxylic acids is 2. The van der Waals surface area contributed by atoms with Gasteiger partial charge in [-0.25, -0.2) is 4.39 Å². The zero-order valence-corrected chi connectivity index (χ0v) is 17.4. The minimum Gasteiger partial charge on any atom is -0.348 e. The maximum Gasteiger partial charge on any atom is 0.268 e. The number of carbonyl (C=O) groups is 2. The van der Waals surface area contributed by atoms with Crippen molar-refractivity contribution in [2.24, 2.45) is 5.41 Å². The number of ketones is 1. The summed E-state index contributed by atoms with van der Waals surface area (Å²) in [6.45, 7) is 3.83. The van der Waals surface area contributed by atoms with Gasteiger partial charge in [0.15, 0.2) is 5.78 Å². The lowest BCUT2D eigenvalue weighted by atomic mass is 9.73. The Labute approximate surface area is 179 Å². The van der Waals surface area contributed by atoms with E-state index in [9.17, 15) is 18.8 Å². The number of para-hydroxylation sites is 1. The summed E-state index contributed by atoms with van der Waals surface area (Å²) in [5.41, 5.74) is 0.816. The number of halogens is 1. The van der Waals surface area contributed by atoms with Crippen molar-refractivity contribution < 1.29 is 14.0 Å². The van der Waals surface area contributed by atoms with Crippen LogP contribution in [0, 0.1) is 11.2 Å². The lowest BCUT2D eigenvalue weighted by Crippen LogP contribution is -2.39. The van der Waals surface area contributed by atoms with E-state index in [1.54, 1.807) is 42.5 Å². The second-order valence-corrected chi connectivity index (χ2v) is 8.62. The molecule has 1 aliphatic carbocycles. The molecule has 158 valence electrons. The molecule has 0 saturated carbocycles. The van der Waals surface area contributed by atoms with Crippen molar-refractivity contribution in [3.05, 3.63) is 99.2 Å². The van der Waals surface area contributed by atoms with Crippen LogP contribution in [0.25, 0.3) is 5.69 Å². The molecule has 5 nitrogen and oxygen atoms in total. The van der Waals surface area contributed by atoms with E-state index in [4.69, 9.17) is 0 Å². The first kappa shape index (κ1) is 20.7. The maximum atomic E-state index is 14.0. The van der Waals surface area contributed by atoms with Gasteiger partial charge in [0.1, 0.15) is 11.4 Å². The molecule has 0 unspecified atom stereocenters. The van der Waals surface area contributed by atoms with E-state index in [2.05, 4.69) is 5.32 Å². The molecule has 0 fully saturated rings. The SMILES string of the molecule is CC1(C)CC(=O)c2cn(-c3ccccc3)c(=O)c(C(=O)NCc3ccccc3F)c2C1. The molecule has 0 radical (unpaired) electrons. The smallest absolute Gasteiger partial charge is 0.268 e. The van der Waals surface area contributed by atoms with Gasteiger partial charge < -0.3 is 5.32 Å². The predicted molar refractivity (Wildman–Crippen MR) is 116 cm³/mol. The van der Waals surface area contributed by atoms with Gasteiger partial charge in [0.25, 0.3) is 11.5 Å². The average molecular weight is 418 g/mol. The predicted octanol–water partition coefficient (Wildman–Crippen LogP) is 4.06. The van der Waals surface area contributed by atoms with Crippen LogP contribution in [0.15, 0.2) is 65.6 Å². The number of pyridine rings is 1. The molecule has 0 atom stereocenters. The Morgan fingerprint density at radius 1 is 1.03 bits per heavy atom. The number of Topliss-reactive ketones (excluding diaryl/α,β-unsaturated/α-hetero) is 1. The summed E-state index contributed by atoms with van der Waals surface area (Å²) in [4.78, 5) is 39.5. The van der Waals surface area contributed by atoms with Crippen LogP contribution in [0.3, 0.4) is 0 Å². The van der Waals surface area contributed by atoms with Gasteiger partial charge >= 0.3 is 0 Å². The molecule has 2 aromatic carbocycles. The molecule has 1 heterocycles. The van der Waals surface area contributed by atoms with Crippen LogP contribution in [0.4, 0.5) is 4.39 Å². The zero-order valence-electron chi connectivity index (χ0n) is 17.4. The first-order valence-electron chi connectivity index (χ1n) is 10.2. The number of nitrogens with one attached hydrogen (secondary N) is 1. The quantitative estimate of drug-likeness (QED) is 0.695. The van der Waals surface area contributed by atoms with Crippen LogP contribution in [0.1, 0.15) is 52.1 Å². The van der Waals surface area contributed by atoms with E-state index in [1.807, 2.05) is 19.9 Å². The van der Waals surface area contributed by atoms with Crippen molar-refractivity contribution in [2.75, 3.05) is 0 Å². The number of fused-ring (bicyclic) bond motifs is 1. The molecule has 31 heavy (non-hydrogen) atoms. The molecule has 0 aliphatic heterocycles. The first-order chi connectivity index (χ1) is 14.8. The van der Waals surface area contributed by atoms with Crippen molar-refractivity contribution >= 4 is 11.7 Å². The van der Waals surface area contributed by atoms with E-state index >= 15 is 0 Å². The largest absolute Gasteiger partial charge is 0.348 e. The molecule has 0 saturated heterocycles. The third-order valence-electron chi connectivity index (χ3n) is 5.57. The van der Waals surface area contributed by atoms with Gasteiger partial charge in [-0.15, -0.1) is 0 Å². The summed E-state index contributed by atoms with van der Waals surface area (Å²) in [7, 11) is 0. The lowest BCUT2D eigenvalue weighted by molar-refractivity contribution is 0.0909. The van der Waals surface area contributed by atoms with E-state index in [-0.39, 0.29) is 23.3 Å². The molecule has 1 amide bonds. The Kier molecular flexibility index (Phi) is 5.31. The number of rotatable bonds is 4. The summed E-state index contributed by atoms with van der Waals surface area (Å²) in [5, 5.41) is 2.66. The molecular weight excluding hydrogens is 395 g/mol. The third-order valence-corrected chi connectivity index (χ3v) is 5.57. The molecule has 0 spiro atoms. The summed E-state index contributed by atoms with van der Waals surface area (Å²) in [6, 6.07) is 15.0. The Balaban J connectivity index is 1.82. The van der Waals surface area contributed by atoms with Crippen LogP contribution in [-0.2, 0) is 13.0 Å². The lowest BCUT2D eigenvalue weighted by Gasteiger charge is -2.31. The molecule has 6 heteroatoms. The second-order valence-electron chi connectivity index (χ2n) is 8.62. The molecule has 4 rings (SSSR count). The molecule has 1 N–H and O–H groups in total. The van der Waals surface area contributed by atoms with E-state index in [0.29, 0.717) is 35.2 Å². The average Bonchev–Trinajstić information content (AvgIpc) is 2.72. The standard InChI is InChI=1S/C25H23FN2O3/c1-25(2)12-18-19(21(29)13-25)15-28(17-9-4-3-5-10-17)24(31)22(18)23(30)27-14-16-8-6-7-11-20(16)26/h3-11,15H,12-14H2,1-2H3,(H,27,30). The first-order valence-corrected chi connectivity index (χ1v) is 10.2. The van der Waals surface area contributed by atoms with Gasteiger partial charge in [-0.3, -0.25) is 19.0 Å². The molecule has 1 aliphatic rings. The van der Waals surface area contributed by atoms with Crippen LogP contribution in [-0.4, -0.2) is 16.3 Å². The van der Waals surface area contributed by atoms with Gasteiger partial charge in [-0.2, -0.15) is 0 Å². The highest BCUT2D eigenvalue weighted by atomic mass is 19.1. The van der Waals surface area contributed by atoms with Crippen molar-refractivity contribution in [1.29, 1.82) is 0 Å². The van der Waals surface area contributed by atoms with Gasteiger partial charge in [-0.05, 0) is 35.6 Å². The molecule has 3 aromatic rings. The normalized spacial score (nSPS) is 14.7. The summed E-state index contributed by atoms with van der Waals surface area (Å²) >= 11 is 0. The zero-order chi connectivity index (χ0) is 22.2. The van der Waals surface area contributed by atoms with Crippen LogP contribution < -0.4 is 10.9 Å². The van der Waals surface area contributed by atoms with Crippen molar-refractivity contribution in [3.8, 4) is 5.69 Å². The number of hydrogen-bond acceptors (Lipinski definition) is 3. The van der Waals surface area contributed by atoms with Gasteiger partial charge in [0, 0.05) is 36.0 Å². The summed E-state index contributed by atoms with van der Waals surface area (Å²) in [5.74, 6) is -1.14. The monoisotopic (exact) mass is 418 g/mol. The van der Waals surface area contributed by atoms with Crippen molar-refractivity contribution in [1.82, 2.24) is 9.88 Å². The number of nitrogens with zero attached hydrogens (tertiary/aromatic N) is 1. The van der Waals surface area contributed by atoms with Crippen LogP contribution in [0.2, 0.25) is 0 Å². The maximum absolute atomic E-state index is 14.0. The van der Waals surface area contributed by atoms with E-state index < -0.39 is 17.3 Å². The highest BCUT2D eigenvalue weighted by Crippen LogP contribution is 2.35. The summed E-state index contributed by atoms with van der Waals surface area (Å²) < 4.78 is 15.3. The fourth-order valence-electron chi connectivity index (χ4n) is 4.06. The number of aromatic nitrogens is 1. The summed E-state index contributed by atoms with van der Waals surface area (Å²) in [6.07, 6.45) is 2.31. The van der Waals surface area contributed by atoms with E-state index in [0.717, 1.165) is 0 Å². The van der Waals surface area contributed by atoms with Crippen LogP contribution >= 0.6 is 0 Å². The van der Waals surface area contributed by atoms with Gasteiger partial charge in [0.2, 0.25) is 0 Å². The Bertz CT molecular complexity index is 1230. The van der Waals surface area contributed by atoms with Crippen molar-refractivity contribution in [3.63, 3.8) is 0 Å². The molecule has 1 aromatic heterocycles. The fourth-order valence-corrected chi connectivity index (χ4v) is 4.06. The number of hydrogen-bond donors (Lipinski definition) is 1. The topological polar surface area (TPSA) is 68.2 Å². The Hall–Kier alpha value is -3.54. The molecular formula is C25H23FN2O3. The second kappa shape index (κ2) is 7.95. The minimum atomic E-state index is -0.611. The Morgan fingerprint density at radius 3 is 2.42 bits per heavy atom. The van der Waals surface area contributed by atoms with Gasteiger partial charge in [-0.1, -0.05) is 50.2 Å². The third kappa shape index (κ3) is 4.06. The number of benzene rings is 2. The highest BCUT2D eigenvalue weighted by molar-refractivity contribution is 6.04. The Morgan fingerprint density at radius 2 is 1.71 bits per heavy atom. The molecule has 0 bridgehead atoms. The van der Waals surface area contributed by atoms with Crippen molar-refractivity contribution in [2.45, 2.75) is 33.2 Å².